The van der Waals surface area contributed by atoms with Crippen LogP contribution in [0.3, 0.4) is 0 Å². The van der Waals surface area contributed by atoms with Gasteiger partial charge in [0, 0.05) is 36.3 Å². The third-order valence-electron chi connectivity index (χ3n) is 5.02. The van der Waals surface area contributed by atoms with Gasteiger partial charge in [-0.05, 0) is 48.5 Å². The van der Waals surface area contributed by atoms with Gasteiger partial charge in [0.2, 0.25) is 0 Å². The number of carbonyl (C=O) groups is 1. The van der Waals surface area contributed by atoms with Crippen LogP contribution in [0.2, 0.25) is 0 Å². The van der Waals surface area contributed by atoms with Gasteiger partial charge in [0.15, 0.2) is 0 Å². The Kier molecular flexibility index (Phi) is 4.33. The van der Waals surface area contributed by atoms with E-state index in [0.29, 0.717) is 16.9 Å². The fourth-order valence-electron chi connectivity index (χ4n) is 3.49. The second-order valence-corrected chi connectivity index (χ2v) is 6.91. The van der Waals surface area contributed by atoms with E-state index in [1.807, 2.05) is 67.7 Å². The molecule has 5 rings (SSSR count). The Labute approximate surface area is 172 Å². The molecule has 2 aromatic carbocycles. The molecule has 3 heterocycles. The zero-order valence-electron chi connectivity index (χ0n) is 16.2. The molecule has 30 heavy (non-hydrogen) atoms. The number of aryl methyl sites for hydroxylation is 1. The fraction of sp³-hybridized carbons (Fsp3) is 0.0435. The molecule has 3 aromatic heterocycles. The lowest BCUT2D eigenvalue weighted by Gasteiger charge is -2.07. The van der Waals surface area contributed by atoms with Crippen molar-refractivity contribution in [2.45, 2.75) is 0 Å². The van der Waals surface area contributed by atoms with Gasteiger partial charge in [0.25, 0.3) is 5.91 Å². The maximum absolute atomic E-state index is 12.8. The van der Waals surface area contributed by atoms with Crippen molar-refractivity contribution in [1.29, 1.82) is 0 Å². The first-order valence-corrected chi connectivity index (χ1v) is 9.48. The molecular formula is C23H18N6O. The van der Waals surface area contributed by atoms with Gasteiger partial charge in [-0.2, -0.15) is 5.10 Å². The maximum Gasteiger partial charge on any atom is 0.259 e. The largest absolute Gasteiger partial charge is 0.327 e. The second kappa shape index (κ2) is 7.29. The SMILES string of the molecule is Cn1c(-c2ccc(NC(=O)c3cn[nH]c3-c3cccnc3)cc2)nc2ccccc21. The molecule has 146 valence electrons. The van der Waals surface area contributed by atoms with Crippen LogP contribution in [0.25, 0.3) is 33.7 Å². The summed E-state index contributed by atoms with van der Waals surface area (Å²) in [6.45, 7) is 0. The zero-order valence-corrected chi connectivity index (χ0v) is 16.2. The number of amides is 1. The van der Waals surface area contributed by atoms with Crippen molar-refractivity contribution in [2.24, 2.45) is 7.05 Å². The van der Waals surface area contributed by atoms with Crippen LogP contribution in [-0.2, 0) is 7.05 Å². The summed E-state index contributed by atoms with van der Waals surface area (Å²) in [4.78, 5) is 21.6. The maximum atomic E-state index is 12.8. The Morgan fingerprint density at radius 2 is 1.80 bits per heavy atom. The number of H-pyrrole nitrogens is 1. The van der Waals surface area contributed by atoms with E-state index in [1.165, 1.54) is 6.20 Å². The number of pyridine rings is 1. The minimum atomic E-state index is -0.238. The average molecular weight is 394 g/mol. The number of benzene rings is 2. The number of carbonyl (C=O) groups excluding carboxylic acids is 1. The van der Waals surface area contributed by atoms with E-state index in [2.05, 4.69) is 25.1 Å². The van der Waals surface area contributed by atoms with E-state index < -0.39 is 0 Å². The number of aromatic nitrogens is 5. The number of fused-ring (bicyclic) bond motifs is 1. The average Bonchev–Trinajstić information content (AvgIpc) is 3.41. The first-order chi connectivity index (χ1) is 14.7. The first-order valence-electron chi connectivity index (χ1n) is 9.48. The number of nitrogens with one attached hydrogen (secondary N) is 2. The van der Waals surface area contributed by atoms with Crippen LogP contribution >= 0.6 is 0 Å². The highest BCUT2D eigenvalue weighted by Gasteiger charge is 2.16. The quantitative estimate of drug-likeness (QED) is 0.476. The van der Waals surface area contributed by atoms with Crippen LogP contribution in [0, 0.1) is 0 Å². The van der Waals surface area contributed by atoms with Gasteiger partial charge in [-0.3, -0.25) is 14.9 Å². The summed E-state index contributed by atoms with van der Waals surface area (Å²) in [7, 11) is 2.00. The van der Waals surface area contributed by atoms with Crippen molar-refractivity contribution in [3.05, 3.63) is 84.8 Å². The molecule has 0 unspecified atom stereocenters. The summed E-state index contributed by atoms with van der Waals surface area (Å²) < 4.78 is 2.06. The van der Waals surface area contributed by atoms with Gasteiger partial charge in [0.05, 0.1) is 28.5 Å². The molecule has 0 aliphatic carbocycles. The number of rotatable bonds is 4. The van der Waals surface area contributed by atoms with Gasteiger partial charge in [-0.25, -0.2) is 4.98 Å². The summed E-state index contributed by atoms with van der Waals surface area (Å²) in [6.07, 6.45) is 4.90. The smallest absolute Gasteiger partial charge is 0.259 e. The number of anilines is 1. The number of imidazole rings is 1. The van der Waals surface area contributed by atoms with Crippen LogP contribution in [0.4, 0.5) is 5.69 Å². The van der Waals surface area contributed by atoms with Crippen molar-refractivity contribution < 1.29 is 4.79 Å². The lowest BCUT2D eigenvalue weighted by atomic mass is 10.1. The van der Waals surface area contributed by atoms with Crippen molar-refractivity contribution in [3.63, 3.8) is 0 Å². The van der Waals surface area contributed by atoms with E-state index in [-0.39, 0.29) is 5.91 Å². The van der Waals surface area contributed by atoms with E-state index in [4.69, 9.17) is 4.98 Å². The Hall–Kier alpha value is -4.26. The lowest BCUT2D eigenvalue weighted by molar-refractivity contribution is 0.102. The predicted octanol–water partition coefficient (Wildman–Crippen LogP) is 4.28. The summed E-state index contributed by atoms with van der Waals surface area (Å²) in [5.41, 5.74) is 5.60. The second-order valence-electron chi connectivity index (χ2n) is 6.91. The Morgan fingerprint density at radius 1 is 0.967 bits per heavy atom. The predicted molar refractivity (Wildman–Crippen MR) is 116 cm³/mol. The summed E-state index contributed by atoms with van der Waals surface area (Å²) in [6, 6.07) is 19.4. The molecule has 1 amide bonds. The first kappa shape index (κ1) is 17.8. The minimum absolute atomic E-state index is 0.238. The Balaban J connectivity index is 1.39. The molecule has 7 nitrogen and oxygen atoms in total. The van der Waals surface area contributed by atoms with Crippen molar-refractivity contribution >= 4 is 22.6 Å². The molecule has 0 aliphatic rings. The summed E-state index contributed by atoms with van der Waals surface area (Å²) in [5.74, 6) is 0.640. The number of para-hydroxylation sites is 2. The van der Waals surface area contributed by atoms with Gasteiger partial charge in [-0.15, -0.1) is 0 Å². The van der Waals surface area contributed by atoms with E-state index in [1.54, 1.807) is 12.4 Å². The third-order valence-corrected chi connectivity index (χ3v) is 5.02. The number of hydrogen-bond acceptors (Lipinski definition) is 4. The summed E-state index contributed by atoms with van der Waals surface area (Å²) >= 11 is 0. The molecule has 0 fully saturated rings. The zero-order chi connectivity index (χ0) is 20.5. The molecule has 2 N–H and O–H groups in total. The van der Waals surface area contributed by atoms with Crippen molar-refractivity contribution in [3.8, 4) is 22.6 Å². The van der Waals surface area contributed by atoms with Gasteiger partial charge >= 0.3 is 0 Å². The topological polar surface area (TPSA) is 88.5 Å². The van der Waals surface area contributed by atoms with Crippen LogP contribution in [0.1, 0.15) is 10.4 Å². The van der Waals surface area contributed by atoms with Crippen LogP contribution in [0.5, 0.6) is 0 Å². The molecule has 0 aliphatic heterocycles. The molecule has 0 bridgehead atoms. The molecule has 0 radical (unpaired) electrons. The number of aromatic amines is 1. The van der Waals surface area contributed by atoms with E-state index >= 15 is 0 Å². The molecule has 0 saturated heterocycles. The standard InChI is InChI=1S/C23H18N6O/c1-29-20-7-3-2-6-19(20)27-22(29)15-8-10-17(11-9-15)26-23(30)18-14-25-28-21(18)16-5-4-12-24-13-16/h2-14H,1H3,(H,25,28)(H,26,30). The molecule has 0 spiro atoms. The van der Waals surface area contributed by atoms with Crippen molar-refractivity contribution in [2.75, 3.05) is 5.32 Å². The van der Waals surface area contributed by atoms with Crippen molar-refractivity contribution in [1.82, 2.24) is 24.7 Å². The minimum Gasteiger partial charge on any atom is -0.327 e. The molecular weight excluding hydrogens is 376 g/mol. The monoisotopic (exact) mass is 394 g/mol. The summed E-state index contributed by atoms with van der Waals surface area (Å²) in [5, 5.41) is 9.83. The number of hydrogen-bond donors (Lipinski definition) is 2. The van der Waals surface area contributed by atoms with Crippen LogP contribution in [0.15, 0.2) is 79.3 Å². The van der Waals surface area contributed by atoms with Gasteiger partial charge in [0.1, 0.15) is 5.82 Å². The highest BCUT2D eigenvalue weighted by Crippen LogP contribution is 2.25. The van der Waals surface area contributed by atoms with Gasteiger partial charge in [-0.1, -0.05) is 12.1 Å². The highest BCUT2D eigenvalue weighted by molar-refractivity contribution is 6.08. The Bertz CT molecular complexity index is 1340. The third kappa shape index (κ3) is 3.12. The van der Waals surface area contributed by atoms with E-state index in [9.17, 15) is 4.79 Å². The molecule has 0 saturated carbocycles. The normalized spacial score (nSPS) is 11.0. The fourth-order valence-corrected chi connectivity index (χ4v) is 3.49. The molecule has 7 heteroatoms. The molecule has 0 atom stereocenters. The van der Waals surface area contributed by atoms with E-state index in [0.717, 1.165) is 28.0 Å². The van der Waals surface area contributed by atoms with Crippen LogP contribution in [-0.4, -0.2) is 30.6 Å². The highest BCUT2D eigenvalue weighted by atomic mass is 16.1. The Morgan fingerprint density at radius 3 is 2.57 bits per heavy atom. The molecule has 5 aromatic rings. The number of nitrogens with zero attached hydrogens (tertiary/aromatic N) is 4. The van der Waals surface area contributed by atoms with Crippen LogP contribution < -0.4 is 5.32 Å². The van der Waals surface area contributed by atoms with Gasteiger partial charge < -0.3 is 9.88 Å². The lowest BCUT2D eigenvalue weighted by Crippen LogP contribution is -2.12.